The largest absolute Gasteiger partial charge is 0.313 e. The molecule has 1 N–H and O–H groups in total. The molecule has 1 saturated heterocycles. The molecule has 0 aromatic heterocycles. The molecule has 2 aromatic rings. The minimum absolute atomic E-state index is 0. The second-order valence-corrected chi connectivity index (χ2v) is 7.97. The number of hydrogen-bond acceptors (Lipinski definition) is 5. The van der Waals surface area contributed by atoms with E-state index in [1.807, 2.05) is 6.07 Å². The van der Waals surface area contributed by atoms with Crippen LogP contribution in [-0.4, -0.2) is 37.3 Å². The van der Waals surface area contributed by atoms with Gasteiger partial charge in [-0.1, -0.05) is 29.8 Å². The summed E-state index contributed by atoms with van der Waals surface area (Å²) in [5.74, 6) is 0. The summed E-state index contributed by atoms with van der Waals surface area (Å²) in [6.45, 7) is 1.21. The number of benzene rings is 2. The lowest BCUT2D eigenvalue weighted by atomic mass is 10.1. The van der Waals surface area contributed by atoms with Crippen molar-refractivity contribution in [1.82, 2.24) is 9.62 Å². The normalized spacial score (nSPS) is 18.1. The molecule has 1 atom stereocenters. The minimum Gasteiger partial charge on any atom is -0.313 e. The second-order valence-electron chi connectivity index (χ2n) is 5.65. The van der Waals surface area contributed by atoms with Gasteiger partial charge in [0.1, 0.15) is 0 Å². The van der Waals surface area contributed by atoms with Crippen molar-refractivity contribution < 1.29 is 13.3 Å². The molecule has 2 aromatic carbocycles. The first-order valence-corrected chi connectivity index (χ1v) is 9.44. The van der Waals surface area contributed by atoms with Gasteiger partial charge in [-0.05, 0) is 23.8 Å². The number of hydrogen-bond donors (Lipinski definition) is 1. The highest BCUT2D eigenvalue weighted by Crippen LogP contribution is 2.31. The Morgan fingerprint density at radius 1 is 1.19 bits per heavy atom. The van der Waals surface area contributed by atoms with Crippen LogP contribution in [0.4, 0.5) is 5.69 Å². The third-order valence-electron chi connectivity index (χ3n) is 4.06. The molecule has 0 radical (unpaired) electrons. The lowest BCUT2D eigenvalue weighted by Gasteiger charge is -2.35. The van der Waals surface area contributed by atoms with Gasteiger partial charge in [-0.3, -0.25) is 10.1 Å². The van der Waals surface area contributed by atoms with Gasteiger partial charge in [0.25, 0.3) is 5.69 Å². The van der Waals surface area contributed by atoms with Gasteiger partial charge in [-0.25, -0.2) is 8.42 Å². The Morgan fingerprint density at radius 3 is 2.62 bits per heavy atom. The molecule has 1 fully saturated rings. The number of rotatable bonds is 4. The molecule has 0 amide bonds. The number of nitro benzene ring substituents is 1. The van der Waals surface area contributed by atoms with Crippen LogP contribution in [0.25, 0.3) is 0 Å². The summed E-state index contributed by atoms with van der Waals surface area (Å²) in [5.41, 5.74) is 0.518. The van der Waals surface area contributed by atoms with Gasteiger partial charge in [0.2, 0.25) is 10.0 Å². The number of non-ortho nitro benzene ring substituents is 1. The summed E-state index contributed by atoms with van der Waals surface area (Å²) in [6.07, 6.45) is 0. The van der Waals surface area contributed by atoms with Gasteiger partial charge in [-0.2, -0.15) is 4.31 Å². The average molecular weight is 418 g/mol. The number of nitrogens with one attached hydrogen (secondary N) is 1. The molecule has 7 nitrogen and oxygen atoms in total. The fourth-order valence-corrected chi connectivity index (χ4v) is 4.72. The molecule has 1 aliphatic rings. The summed E-state index contributed by atoms with van der Waals surface area (Å²) in [6, 6.07) is 11.7. The Bertz CT molecular complexity index is 908. The van der Waals surface area contributed by atoms with E-state index < -0.39 is 21.0 Å². The molecule has 140 valence electrons. The third-order valence-corrected chi connectivity index (χ3v) is 6.20. The van der Waals surface area contributed by atoms with E-state index in [0.29, 0.717) is 18.1 Å². The highest BCUT2D eigenvalue weighted by Gasteiger charge is 2.35. The van der Waals surface area contributed by atoms with Crippen LogP contribution in [0.2, 0.25) is 5.02 Å². The minimum atomic E-state index is -3.88. The predicted octanol–water partition coefficient (Wildman–Crippen LogP) is 3.01. The van der Waals surface area contributed by atoms with Gasteiger partial charge < -0.3 is 5.32 Å². The average Bonchev–Trinajstić information content (AvgIpc) is 2.62. The summed E-state index contributed by atoms with van der Waals surface area (Å²) >= 11 is 6.04. The van der Waals surface area contributed by atoms with Crippen molar-refractivity contribution in [2.45, 2.75) is 10.9 Å². The highest BCUT2D eigenvalue weighted by molar-refractivity contribution is 7.89. The van der Waals surface area contributed by atoms with Crippen molar-refractivity contribution in [2.75, 3.05) is 19.6 Å². The van der Waals surface area contributed by atoms with Gasteiger partial charge in [0.15, 0.2) is 0 Å². The first kappa shape index (κ1) is 20.6. The van der Waals surface area contributed by atoms with E-state index in [2.05, 4.69) is 5.32 Å². The second kappa shape index (κ2) is 8.32. The van der Waals surface area contributed by atoms with Crippen LogP contribution >= 0.6 is 24.0 Å². The number of halogens is 2. The Kier molecular flexibility index (Phi) is 6.59. The molecule has 0 spiro atoms. The van der Waals surface area contributed by atoms with Crippen LogP contribution in [0, 0.1) is 10.1 Å². The van der Waals surface area contributed by atoms with Crippen LogP contribution in [-0.2, 0) is 10.0 Å². The first-order chi connectivity index (χ1) is 11.9. The van der Waals surface area contributed by atoms with Crippen molar-refractivity contribution in [2.24, 2.45) is 0 Å². The molecule has 1 unspecified atom stereocenters. The van der Waals surface area contributed by atoms with Crippen molar-refractivity contribution in [1.29, 1.82) is 0 Å². The standard InChI is InChI=1S/C16H16ClN3O4S.ClH/c17-13-4-1-3-12(9-13)16-11-18-7-8-19(16)25(23,24)15-6-2-5-14(10-15)20(21)22;/h1-6,9-10,16,18H,7-8,11H2;1H. The number of nitrogens with zero attached hydrogens (tertiary/aromatic N) is 2. The molecule has 10 heteroatoms. The molecule has 0 aliphatic carbocycles. The summed E-state index contributed by atoms with van der Waals surface area (Å²) in [7, 11) is -3.88. The Hall–Kier alpha value is -1.71. The van der Waals surface area contributed by atoms with E-state index in [-0.39, 0.29) is 29.5 Å². The van der Waals surface area contributed by atoms with Crippen LogP contribution in [0.5, 0.6) is 0 Å². The van der Waals surface area contributed by atoms with Gasteiger partial charge in [-0.15, -0.1) is 12.4 Å². The van der Waals surface area contributed by atoms with E-state index in [1.54, 1.807) is 18.2 Å². The van der Waals surface area contributed by atoms with Crippen molar-refractivity contribution in [3.8, 4) is 0 Å². The zero-order chi connectivity index (χ0) is 18.0. The van der Waals surface area contributed by atoms with Crippen LogP contribution in [0.3, 0.4) is 0 Å². The predicted molar refractivity (Wildman–Crippen MR) is 101 cm³/mol. The maximum Gasteiger partial charge on any atom is 0.270 e. The monoisotopic (exact) mass is 417 g/mol. The molecule has 1 aliphatic heterocycles. The maximum atomic E-state index is 13.1. The fraction of sp³-hybridized carbons (Fsp3) is 0.250. The zero-order valence-electron chi connectivity index (χ0n) is 13.5. The SMILES string of the molecule is Cl.O=[N+]([O-])c1cccc(S(=O)(=O)N2CCNCC2c2cccc(Cl)c2)c1. The lowest BCUT2D eigenvalue weighted by Crippen LogP contribution is -2.48. The van der Waals surface area contributed by atoms with Crippen LogP contribution in [0.15, 0.2) is 53.4 Å². The summed E-state index contributed by atoms with van der Waals surface area (Å²) in [4.78, 5) is 10.3. The van der Waals surface area contributed by atoms with E-state index in [0.717, 1.165) is 11.6 Å². The van der Waals surface area contributed by atoms with Crippen molar-refractivity contribution >= 4 is 39.7 Å². The smallest absolute Gasteiger partial charge is 0.270 e. The Morgan fingerprint density at radius 2 is 1.92 bits per heavy atom. The lowest BCUT2D eigenvalue weighted by molar-refractivity contribution is -0.385. The molecule has 0 bridgehead atoms. The van der Waals surface area contributed by atoms with Crippen LogP contribution < -0.4 is 5.32 Å². The van der Waals surface area contributed by atoms with E-state index in [9.17, 15) is 18.5 Å². The van der Waals surface area contributed by atoms with E-state index in [4.69, 9.17) is 11.6 Å². The molecular weight excluding hydrogens is 401 g/mol. The zero-order valence-corrected chi connectivity index (χ0v) is 15.9. The van der Waals surface area contributed by atoms with Gasteiger partial charge >= 0.3 is 0 Å². The highest BCUT2D eigenvalue weighted by atomic mass is 35.5. The summed E-state index contributed by atoms with van der Waals surface area (Å²) < 4.78 is 27.5. The number of nitro groups is 1. The molecule has 0 saturated carbocycles. The van der Waals surface area contributed by atoms with E-state index >= 15 is 0 Å². The van der Waals surface area contributed by atoms with Crippen molar-refractivity contribution in [3.63, 3.8) is 0 Å². The summed E-state index contributed by atoms with van der Waals surface area (Å²) in [5, 5.41) is 14.7. The van der Waals surface area contributed by atoms with Gasteiger partial charge in [0.05, 0.1) is 15.9 Å². The molecular formula is C16H17Cl2N3O4S. The topological polar surface area (TPSA) is 92.5 Å². The Labute approximate surface area is 162 Å². The fourth-order valence-electron chi connectivity index (χ4n) is 2.86. The maximum absolute atomic E-state index is 13.1. The third kappa shape index (κ3) is 4.16. The van der Waals surface area contributed by atoms with Crippen molar-refractivity contribution in [3.05, 3.63) is 69.2 Å². The quantitative estimate of drug-likeness (QED) is 0.609. The van der Waals surface area contributed by atoms with E-state index in [1.165, 1.54) is 22.5 Å². The first-order valence-electron chi connectivity index (χ1n) is 7.62. The number of sulfonamides is 1. The molecule has 3 rings (SSSR count). The Balaban J connectivity index is 0.00000243. The van der Waals surface area contributed by atoms with Gasteiger partial charge in [0, 0.05) is 36.8 Å². The molecule has 26 heavy (non-hydrogen) atoms. The molecule has 1 heterocycles. The van der Waals surface area contributed by atoms with Crippen LogP contribution in [0.1, 0.15) is 11.6 Å². The number of piperazine rings is 1.